The van der Waals surface area contributed by atoms with Crippen LogP contribution in [-0.2, 0) is 6.54 Å². The summed E-state index contributed by atoms with van der Waals surface area (Å²) in [7, 11) is 0. The molecule has 2 N–H and O–H groups in total. The van der Waals surface area contributed by atoms with Crippen LogP contribution in [0.25, 0.3) is 5.57 Å². The molecule has 0 saturated carbocycles. The van der Waals surface area contributed by atoms with Gasteiger partial charge in [-0.1, -0.05) is 65.8 Å². The molecular formula is C25H26N. The summed E-state index contributed by atoms with van der Waals surface area (Å²) in [6, 6.07) is 17.5. The molecule has 0 aliphatic heterocycles. The molecule has 0 saturated heterocycles. The molecule has 1 atom stereocenters. The van der Waals surface area contributed by atoms with Crippen molar-refractivity contribution >= 4 is 5.57 Å². The molecule has 0 heterocycles. The number of fused-ring (bicyclic) bond motifs is 1. The Bertz CT molecular complexity index is 930. The molecule has 0 amide bonds. The molecule has 1 unspecified atom stereocenters. The van der Waals surface area contributed by atoms with E-state index in [1.54, 1.807) is 0 Å². The predicted molar refractivity (Wildman–Crippen MR) is 111 cm³/mol. The Balaban J connectivity index is 1.83. The maximum Gasteiger partial charge on any atom is 0.0370 e. The van der Waals surface area contributed by atoms with Crippen LogP contribution in [0.3, 0.4) is 0 Å². The second-order valence-corrected chi connectivity index (χ2v) is 7.46. The summed E-state index contributed by atoms with van der Waals surface area (Å²) < 4.78 is 0. The van der Waals surface area contributed by atoms with Crippen LogP contribution < -0.4 is 5.73 Å². The summed E-state index contributed by atoms with van der Waals surface area (Å²) >= 11 is 0. The Hall–Kier alpha value is -2.38. The standard InChI is InChI=1S/C25H26N/c1-15-16(2)18(4)25(17(15)3)24-13-23(21-7-5-6-8-22(21)24)20-11-9-19(14-26)10-12-20/h5-13,24H,14,26H2,1-4H3. The first-order valence-electron chi connectivity index (χ1n) is 9.36. The van der Waals surface area contributed by atoms with Gasteiger partial charge >= 0.3 is 0 Å². The van der Waals surface area contributed by atoms with Crippen LogP contribution in [0.4, 0.5) is 0 Å². The van der Waals surface area contributed by atoms with Crippen molar-refractivity contribution in [2.24, 2.45) is 5.73 Å². The van der Waals surface area contributed by atoms with Gasteiger partial charge in [0, 0.05) is 18.4 Å². The summed E-state index contributed by atoms with van der Waals surface area (Å²) in [6.45, 7) is 9.63. The van der Waals surface area contributed by atoms with Gasteiger partial charge in [-0.3, -0.25) is 0 Å². The summed E-state index contributed by atoms with van der Waals surface area (Å²) in [5, 5.41) is 0. The smallest absolute Gasteiger partial charge is 0.0370 e. The molecule has 131 valence electrons. The molecule has 0 aromatic heterocycles. The van der Waals surface area contributed by atoms with Gasteiger partial charge < -0.3 is 5.73 Å². The number of hydrogen-bond acceptors (Lipinski definition) is 1. The monoisotopic (exact) mass is 340 g/mol. The number of allylic oxidation sites excluding steroid dienone is 5. The molecule has 1 heteroatoms. The molecule has 0 bridgehead atoms. The lowest BCUT2D eigenvalue weighted by atomic mass is 9.81. The maximum atomic E-state index is 5.76. The molecule has 1 radical (unpaired) electrons. The summed E-state index contributed by atoms with van der Waals surface area (Å²) in [5.41, 5.74) is 18.1. The summed E-state index contributed by atoms with van der Waals surface area (Å²) in [6.07, 6.45) is 2.45. The zero-order valence-electron chi connectivity index (χ0n) is 16.1. The Morgan fingerprint density at radius 1 is 0.769 bits per heavy atom. The highest BCUT2D eigenvalue weighted by molar-refractivity contribution is 5.87. The lowest BCUT2D eigenvalue weighted by molar-refractivity contribution is 0.898. The van der Waals surface area contributed by atoms with Crippen molar-refractivity contribution in [2.75, 3.05) is 0 Å². The summed E-state index contributed by atoms with van der Waals surface area (Å²) in [4.78, 5) is 0. The largest absolute Gasteiger partial charge is 0.326 e. The first kappa shape index (κ1) is 17.1. The lowest BCUT2D eigenvalue weighted by Gasteiger charge is -2.22. The number of rotatable bonds is 3. The molecule has 0 spiro atoms. The van der Waals surface area contributed by atoms with Gasteiger partial charge in [0.05, 0.1) is 0 Å². The molecule has 0 fully saturated rings. The molecule has 2 aromatic carbocycles. The minimum atomic E-state index is 0.336. The Morgan fingerprint density at radius 3 is 2.00 bits per heavy atom. The van der Waals surface area contributed by atoms with Gasteiger partial charge in [-0.25, -0.2) is 0 Å². The molecule has 2 aliphatic carbocycles. The van der Waals surface area contributed by atoms with Crippen molar-refractivity contribution in [2.45, 2.75) is 40.2 Å². The molecule has 4 rings (SSSR count). The molecule has 2 aromatic rings. The van der Waals surface area contributed by atoms with Crippen LogP contribution in [0, 0.1) is 5.92 Å². The van der Waals surface area contributed by atoms with E-state index in [4.69, 9.17) is 5.73 Å². The van der Waals surface area contributed by atoms with Gasteiger partial charge in [0.1, 0.15) is 0 Å². The first-order chi connectivity index (χ1) is 12.5. The van der Waals surface area contributed by atoms with Crippen molar-refractivity contribution in [1.29, 1.82) is 0 Å². The second kappa shape index (κ2) is 6.41. The first-order valence-corrected chi connectivity index (χ1v) is 9.36. The Labute approximate surface area is 156 Å². The number of benzene rings is 2. The van der Waals surface area contributed by atoms with Gasteiger partial charge in [-0.2, -0.15) is 0 Å². The molecular weight excluding hydrogens is 314 g/mol. The lowest BCUT2D eigenvalue weighted by Crippen LogP contribution is -2.08. The third-order valence-corrected chi connectivity index (χ3v) is 6.23. The average molecular weight is 340 g/mol. The fourth-order valence-electron chi connectivity index (χ4n) is 4.38. The van der Waals surface area contributed by atoms with Gasteiger partial charge in [-0.15, -0.1) is 0 Å². The van der Waals surface area contributed by atoms with Crippen LogP contribution in [0.15, 0.2) is 76.9 Å². The number of hydrogen-bond donors (Lipinski definition) is 1. The Kier molecular flexibility index (Phi) is 4.20. The van der Waals surface area contributed by atoms with E-state index in [0.717, 1.165) is 0 Å². The van der Waals surface area contributed by atoms with Crippen molar-refractivity contribution < 1.29 is 0 Å². The van der Waals surface area contributed by atoms with E-state index >= 15 is 0 Å². The van der Waals surface area contributed by atoms with Gasteiger partial charge in [0.2, 0.25) is 0 Å². The molecule has 2 aliphatic rings. The highest BCUT2D eigenvalue weighted by Crippen LogP contribution is 2.52. The highest BCUT2D eigenvalue weighted by atomic mass is 14.5. The van der Waals surface area contributed by atoms with Gasteiger partial charge in [0.25, 0.3) is 0 Å². The fraction of sp³-hybridized carbons (Fsp3) is 0.240. The van der Waals surface area contributed by atoms with E-state index in [-0.39, 0.29) is 0 Å². The van der Waals surface area contributed by atoms with Crippen LogP contribution in [-0.4, -0.2) is 0 Å². The number of nitrogens with two attached hydrogens (primary N) is 1. The van der Waals surface area contributed by atoms with E-state index in [1.165, 1.54) is 56.0 Å². The predicted octanol–water partition coefficient (Wildman–Crippen LogP) is 5.94. The zero-order valence-corrected chi connectivity index (χ0v) is 16.1. The van der Waals surface area contributed by atoms with Gasteiger partial charge in [-0.05, 0) is 66.7 Å². The molecule has 1 nitrogen and oxygen atoms in total. The summed E-state index contributed by atoms with van der Waals surface area (Å²) in [5.74, 6) is 1.82. The quantitative estimate of drug-likeness (QED) is 0.735. The third kappa shape index (κ3) is 2.50. The van der Waals surface area contributed by atoms with Crippen LogP contribution in [0.1, 0.15) is 55.9 Å². The fourth-order valence-corrected chi connectivity index (χ4v) is 4.38. The highest BCUT2D eigenvalue weighted by Gasteiger charge is 2.36. The second-order valence-electron chi connectivity index (χ2n) is 7.46. The van der Waals surface area contributed by atoms with Crippen molar-refractivity contribution in [3.8, 4) is 0 Å². The van der Waals surface area contributed by atoms with E-state index < -0.39 is 0 Å². The minimum Gasteiger partial charge on any atom is -0.326 e. The van der Waals surface area contributed by atoms with Crippen molar-refractivity contribution in [3.05, 3.63) is 105 Å². The minimum absolute atomic E-state index is 0.336. The van der Waals surface area contributed by atoms with Crippen molar-refractivity contribution in [3.63, 3.8) is 0 Å². The normalized spacial score (nSPS) is 20.0. The van der Waals surface area contributed by atoms with E-state index in [2.05, 4.69) is 82.3 Å². The third-order valence-electron chi connectivity index (χ3n) is 6.23. The van der Waals surface area contributed by atoms with Gasteiger partial charge in [0.15, 0.2) is 0 Å². The zero-order chi connectivity index (χ0) is 18.4. The van der Waals surface area contributed by atoms with E-state index in [9.17, 15) is 0 Å². The topological polar surface area (TPSA) is 26.0 Å². The molecule has 26 heavy (non-hydrogen) atoms. The van der Waals surface area contributed by atoms with E-state index in [1.807, 2.05) is 0 Å². The van der Waals surface area contributed by atoms with Crippen LogP contribution in [0.5, 0.6) is 0 Å². The SMILES string of the molecule is CC1=C(C)C(C)=C(C)[C]1C1C=C(c2ccc(CN)cc2)c2ccccc21. The average Bonchev–Trinajstić information content (AvgIpc) is 3.14. The maximum absolute atomic E-state index is 5.76. The van der Waals surface area contributed by atoms with Crippen molar-refractivity contribution in [1.82, 2.24) is 0 Å². The van der Waals surface area contributed by atoms with Crippen LogP contribution >= 0.6 is 0 Å². The Morgan fingerprint density at radius 2 is 1.38 bits per heavy atom. The van der Waals surface area contributed by atoms with E-state index in [0.29, 0.717) is 12.5 Å². The van der Waals surface area contributed by atoms with Crippen LogP contribution in [0.2, 0.25) is 0 Å².